The van der Waals surface area contributed by atoms with Crippen LogP contribution in [0.3, 0.4) is 0 Å². The summed E-state index contributed by atoms with van der Waals surface area (Å²) < 4.78 is 43.5. The second-order valence-corrected chi connectivity index (χ2v) is 7.00. The Morgan fingerprint density at radius 3 is 2.75 bits per heavy atom. The Hall–Kier alpha value is -1.14. The molecule has 1 unspecified atom stereocenters. The number of sulfonamides is 1. The summed E-state index contributed by atoms with van der Waals surface area (Å²) in [6, 6.07) is 9.39. The van der Waals surface area contributed by atoms with Gasteiger partial charge in [0.05, 0.1) is 19.0 Å². The Morgan fingerprint density at radius 1 is 1.30 bits per heavy atom. The number of hydrogen-bond acceptors (Lipinski definition) is 3. The zero-order valence-corrected chi connectivity index (χ0v) is 12.2. The number of para-hydroxylation sites is 1. The minimum atomic E-state index is -3.36. The van der Waals surface area contributed by atoms with E-state index < -0.39 is 16.7 Å². The number of alkyl halides is 1. The zero-order valence-electron chi connectivity index (χ0n) is 11.4. The lowest BCUT2D eigenvalue weighted by atomic mass is 10.1. The maximum absolute atomic E-state index is 12.1. The fraction of sp³-hybridized carbons (Fsp3) is 0.571. The molecule has 0 bridgehead atoms. The SMILES string of the molecule is O=S(=O)(CCCF)N1CCCC(Oc2ccccc2)C1. The van der Waals surface area contributed by atoms with Crippen LogP contribution in [-0.2, 0) is 10.0 Å². The second kappa shape index (κ2) is 7.04. The van der Waals surface area contributed by atoms with Gasteiger partial charge >= 0.3 is 0 Å². The summed E-state index contributed by atoms with van der Waals surface area (Å²) in [7, 11) is -3.36. The van der Waals surface area contributed by atoms with E-state index in [9.17, 15) is 12.8 Å². The standard InChI is InChI=1S/C14H20FNO3S/c15-9-5-11-20(17,18)16-10-4-8-14(12-16)19-13-6-2-1-3-7-13/h1-3,6-7,14H,4-5,8-12H2. The first-order chi connectivity index (χ1) is 9.62. The normalized spacial score (nSPS) is 20.8. The van der Waals surface area contributed by atoms with Crippen molar-refractivity contribution in [3.8, 4) is 5.75 Å². The topological polar surface area (TPSA) is 46.6 Å². The molecular weight excluding hydrogens is 281 g/mol. The molecule has 1 aliphatic heterocycles. The highest BCUT2D eigenvalue weighted by Crippen LogP contribution is 2.20. The van der Waals surface area contributed by atoms with E-state index in [-0.39, 0.29) is 18.3 Å². The van der Waals surface area contributed by atoms with Crippen molar-refractivity contribution in [3.63, 3.8) is 0 Å². The van der Waals surface area contributed by atoms with E-state index in [0.29, 0.717) is 13.1 Å². The molecule has 0 aromatic heterocycles. The summed E-state index contributed by atoms with van der Waals surface area (Å²) >= 11 is 0. The molecule has 1 aliphatic rings. The fourth-order valence-electron chi connectivity index (χ4n) is 2.31. The van der Waals surface area contributed by atoms with Gasteiger partial charge in [-0.05, 0) is 31.4 Å². The number of rotatable bonds is 6. The Labute approximate surface area is 119 Å². The Kier molecular flexibility index (Phi) is 5.37. The van der Waals surface area contributed by atoms with E-state index >= 15 is 0 Å². The van der Waals surface area contributed by atoms with Crippen LogP contribution in [0.4, 0.5) is 4.39 Å². The van der Waals surface area contributed by atoms with E-state index in [4.69, 9.17) is 4.74 Å². The van der Waals surface area contributed by atoms with Crippen LogP contribution in [-0.4, -0.2) is 44.3 Å². The zero-order chi connectivity index (χ0) is 14.4. The van der Waals surface area contributed by atoms with Gasteiger partial charge in [-0.15, -0.1) is 0 Å². The van der Waals surface area contributed by atoms with Crippen molar-refractivity contribution in [2.75, 3.05) is 25.5 Å². The van der Waals surface area contributed by atoms with Gasteiger partial charge in [-0.2, -0.15) is 4.31 Å². The van der Waals surface area contributed by atoms with Crippen LogP contribution in [0.25, 0.3) is 0 Å². The van der Waals surface area contributed by atoms with Gasteiger partial charge in [-0.25, -0.2) is 8.42 Å². The summed E-state index contributed by atoms with van der Waals surface area (Å²) in [4.78, 5) is 0. The molecule has 20 heavy (non-hydrogen) atoms. The molecular formula is C14H20FNO3S. The van der Waals surface area contributed by atoms with Gasteiger partial charge < -0.3 is 4.74 Å². The highest BCUT2D eigenvalue weighted by molar-refractivity contribution is 7.89. The van der Waals surface area contributed by atoms with Gasteiger partial charge in [0.25, 0.3) is 0 Å². The van der Waals surface area contributed by atoms with Gasteiger partial charge in [0.15, 0.2) is 0 Å². The first kappa shape index (κ1) is 15.3. The first-order valence-electron chi connectivity index (χ1n) is 6.87. The summed E-state index contributed by atoms with van der Waals surface area (Å²) in [5.41, 5.74) is 0. The number of hydrogen-bond donors (Lipinski definition) is 0. The van der Waals surface area contributed by atoms with Crippen LogP contribution in [0.5, 0.6) is 5.75 Å². The van der Waals surface area contributed by atoms with Gasteiger partial charge in [0.1, 0.15) is 11.9 Å². The highest BCUT2D eigenvalue weighted by atomic mass is 32.2. The Morgan fingerprint density at radius 2 is 2.05 bits per heavy atom. The molecule has 6 heteroatoms. The summed E-state index contributed by atoms with van der Waals surface area (Å²) in [6.45, 7) is 0.254. The molecule has 0 saturated carbocycles. The highest BCUT2D eigenvalue weighted by Gasteiger charge is 2.29. The molecule has 1 saturated heterocycles. The van der Waals surface area contributed by atoms with E-state index in [2.05, 4.69) is 0 Å². The van der Waals surface area contributed by atoms with Gasteiger partial charge in [0, 0.05) is 6.54 Å². The van der Waals surface area contributed by atoms with Gasteiger partial charge in [-0.3, -0.25) is 4.39 Å². The molecule has 0 amide bonds. The molecule has 1 heterocycles. The van der Waals surface area contributed by atoms with Gasteiger partial charge in [-0.1, -0.05) is 18.2 Å². The van der Waals surface area contributed by atoms with Crippen molar-refractivity contribution in [1.29, 1.82) is 0 Å². The Balaban J connectivity index is 1.95. The molecule has 0 radical (unpaired) electrons. The van der Waals surface area contributed by atoms with Crippen molar-refractivity contribution in [2.24, 2.45) is 0 Å². The number of benzene rings is 1. The Bertz CT molecular complexity index is 506. The fourth-order valence-corrected chi connectivity index (χ4v) is 3.84. The second-order valence-electron chi connectivity index (χ2n) is 4.91. The lowest BCUT2D eigenvalue weighted by Gasteiger charge is -2.32. The molecule has 1 aromatic rings. The predicted octanol–water partition coefficient (Wildman–Crippen LogP) is 2.22. The lowest BCUT2D eigenvalue weighted by Crippen LogP contribution is -2.45. The third kappa shape index (κ3) is 4.18. The molecule has 1 fully saturated rings. The molecule has 112 valence electrons. The van der Waals surface area contributed by atoms with Crippen LogP contribution >= 0.6 is 0 Å². The molecule has 1 atom stereocenters. The quantitative estimate of drug-likeness (QED) is 0.809. The molecule has 0 N–H and O–H groups in total. The third-order valence-corrected chi connectivity index (χ3v) is 5.24. The average Bonchev–Trinajstić information content (AvgIpc) is 2.47. The molecule has 4 nitrogen and oxygen atoms in total. The number of ether oxygens (including phenoxy) is 1. The molecule has 1 aromatic carbocycles. The lowest BCUT2D eigenvalue weighted by molar-refractivity contribution is 0.129. The van der Waals surface area contributed by atoms with Crippen molar-refractivity contribution >= 4 is 10.0 Å². The van der Waals surface area contributed by atoms with Crippen LogP contribution in [0.1, 0.15) is 19.3 Å². The monoisotopic (exact) mass is 301 g/mol. The number of nitrogens with zero attached hydrogens (tertiary/aromatic N) is 1. The summed E-state index contributed by atoms with van der Waals surface area (Å²) in [5, 5.41) is 0. The molecule has 0 spiro atoms. The largest absolute Gasteiger partial charge is 0.489 e. The number of halogens is 1. The molecule has 0 aliphatic carbocycles. The predicted molar refractivity (Wildman–Crippen MR) is 76.0 cm³/mol. The van der Waals surface area contributed by atoms with E-state index in [1.807, 2.05) is 30.3 Å². The smallest absolute Gasteiger partial charge is 0.214 e. The maximum atomic E-state index is 12.1. The van der Waals surface area contributed by atoms with E-state index in [1.165, 1.54) is 4.31 Å². The molecule has 2 rings (SSSR count). The van der Waals surface area contributed by atoms with Crippen LogP contribution in [0.15, 0.2) is 30.3 Å². The first-order valence-corrected chi connectivity index (χ1v) is 8.48. The van der Waals surface area contributed by atoms with Crippen molar-refractivity contribution in [1.82, 2.24) is 4.31 Å². The van der Waals surface area contributed by atoms with Crippen molar-refractivity contribution in [2.45, 2.75) is 25.4 Å². The summed E-state index contributed by atoms with van der Waals surface area (Å²) in [5.74, 6) is 0.627. The average molecular weight is 301 g/mol. The van der Waals surface area contributed by atoms with Crippen LogP contribution in [0, 0.1) is 0 Å². The van der Waals surface area contributed by atoms with E-state index in [0.717, 1.165) is 18.6 Å². The van der Waals surface area contributed by atoms with Crippen LogP contribution < -0.4 is 4.74 Å². The minimum absolute atomic E-state index is 0.0586. The van der Waals surface area contributed by atoms with Crippen molar-refractivity contribution in [3.05, 3.63) is 30.3 Å². The van der Waals surface area contributed by atoms with Gasteiger partial charge in [0.2, 0.25) is 10.0 Å². The summed E-state index contributed by atoms with van der Waals surface area (Å²) in [6.07, 6.45) is 1.53. The maximum Gasteiger partial charge on any atom is 0.214 e. The third-order valence-electron chi connectivity index (χ3n) is 3.32. The minimum Gasteiger partial charge on any atom is -0.489 e. The number of piperidine rings is 1. The van der Waals surface area contributed by atoms with E-state index in [1.54, 1.807) is 0 Å². The van der Waals surface area contributed by atoms with Crippen LogP contribution in [0.2, 0.25) is 0 Å². The van der Waals surface area contributed by atoms with Crippen molar-refractivity contribution < 1.29 is 17.5 Å².